The predicted molar refractivity (Wildman–Crippen MR) is 150 cm³/mol. The first-order chi connectivity index (χ1) is 17.5. The zero-order chi connectivity index (χ0) is 25.5. The maximum atomic E-state index is 13.4. The number of nitriles is 1. The van der Waals surface area contributed by atoms with Gasteiger partial charge >= 0.3 is 0 Å². The van der Waals surface area contributed by atoms with Crippen molar-refractivity contribution in [2.75, 3.05) is 23.1 Å². The standard InChI is InChI=1S/C28H26N4O2S2/c1-19(2)32(21-11-5-4-6-12-21)26(33)18-35-27(30-20-10-9-13-22(16-20)34-3)23(17-29)28-31-24-14-7-8-15-25(24)36-28/h4-16,19,30H,18H2,1-3H3/b27-23-. The van der Waals surface area contributed by atoms with Crippen molar-refractivity contribution in [1.29, 1.82) is 5.26 Å². The molecule has 0 radical (unpaired) electrons. The average molecular weight is 515 g/mol. The molecule has 4 aromatic rings. The zero-order valence-corrected chi connectivity index (χ0v) is 21.9. The normalized spacial score (nSPS) is 11.6. The molecule has 36 heavy (non-hydrogen) atoms. The van der Waals surface area contributed by atoms with Gasteiger partial charge in [-0.3, -0.25) is 4.79 Å². The van der Waals surface area contributed by atoms with E-state index in [0.717, 1.165) is 21.6 Å². The molecule has 0 aliphatic carbocycles. The molecular formula is C28H26N4O2S2. The van der Waals surface area contributed by atoms with Crippen molar-refractivity contribution in [3.05, 3.63) is 88.9 Å². The van der Waals surface area contributed by atoms with Crippen LogP contribution in [0.2, 0.25) is 0 Å². The fourth-order valence-electron chi connectivity index (χ4n) is 3.70. The first kappa shape index (κ1) is 25.3. The van der Waals surface area contributed by atoms with Crippen LogP contribution in [0.1, 0.15) is 18.9 Å². The monoisotopic (exact) mass is 514 g/mol. The number of allylic oxidation sites excluding steroid dienone is 1. The maximum Gasteiger partial charge on any atom is 0.237 e. The summed E-state index contributed by atoms with van der Waals surface area (Å²) in [6, 6.07) is 27.2. The van der Waals surface area contributed by atoms with Crippen LogP contribution in [0.3, 0.4) is 0 Å². The Hall–Kier alpha value is -3.80. The van der Waals surface area contributed by atoms with Crippen LogP contribution in [0.25, 0.3) is 15.8 Å². The Kier molecular flexibility index (Phi) is 8.26. The van der Waals surface area contributed by atoms with Crippen LogP contribution in [0.5, 0.6) is 5.75 Å². The molecule has 1 heterocycles. The summed E-state index contributed by atoms with van der Waals surface area (Å²) >= 11 is 2.75. The number of hydrogen-bond donors (Lipinski definition) is 1. The number of carbonyl (C=O) groups excluding carboxylic acids is 1. The number of amides is 1. The number of thiazole rings is 1. The Morgan fingerprint density at radius 3 is 2.56 bits per heavy atom. The first-order valence-electron chi connectivity index (χ1n) is 11.4. The van der Waals surface area contributed by atoms with Gasteiger partial charge in [0, 0.05) is 23.5 Å². The SMILES string of the molecule is COc1cccc(N/C(SCC(=O)N(c2ccccc2)C(C)C)=C(\C#N)c2nc3ccccc3s2)c1. The summed E-state index contributed by atoms with van der Waals surface area (Å²) in [4.78, 5) is 19.8. The van der Waals surface area contributed by atoms with Crippen molar-refractivity contribution >= 4 is 56.2 Å². The van der Waals surface area contributed by atoms with Crippen LogP contribution in [0, 0.1) is 11.3 Å². The Morgan fingerprint density at radius 1 is 1.11 bits per heavy atom. The number of nitrogens with one attached hydrogen (secondary N) is 1. The summed E-state index contributed by atoms with van der Waals surface area (Å²) in [5, 5.41) is 14.7. The lowest BCUT2D eigenvalue weighted by Crippen LogP contribution is -2.38. The number of ether oxygens (including phenoxy) is 1. The topological polar surface area (TPSA) is 78.2 Å². The van der Waals surface area contributed by atoms with Gasteiger partial charge in [0.2, 0.25) is 5.91 Å². The molecule has 0 fully saturated rings. The number of benzene rings is 3. The van der Waals surface area contributed by atoms with Crippen LogP contribution < -0.4 is 15.0 Å². The molecule has 0 aliphatic heterocycles. The second kappa shape index (κ2) is 11.8. The molecule has 8 heteroatoms. The number of para-hydroxylation sites is 2. The molecule has 0 aliphatic rings. The predicted octanol–water partition coefficient (Wildman–Crippen LogP) is 6.78. The van der Waals surface area contributed by atoms with Crippen molar-refractivity contribution in [3.63, 3.8) is 0 Å². The van der Waals surface area contributed by atoms with E-state index in [1.54, 1.807) is 12.0 Å². The van der Waals surface area contributed by atoms with E-state index in [2.05, 4.69) is 16.4 Å². The van der Waals surface area contributed by atoms with Gasteiger partial charge in [-0.25, -0.2) is 4.98 Å². The van der Waals surface area contributed by atoms with E-state index in [4.69, 9.17) is 4.74 Å². The molecule has 0 saturated carbocycles. The summed E-state index contributed by atoms with van der Waals surface area (Å²) < 4.78 is 6.35. The first-order valence-corrected chi connectivity index (χ1v) is 13.2. The van der Waals surface area contributed by atoms with Gasteiger partial charge in [0.05, 0.1) is 28.1 Å². The minimum Gasteiger partial charge on any atom is -0.497 e. The minimum absolute atomic E-state index is 0.0148. The Labute approximate surface area is 219 Å². The molecule has 182 valence electrons. The quantitative estimate of drug-likeness (QED) is 0.248. The second-order valence-corrected chi connectivity index (χ2v) is 10.2. The van der Waals surface area contributed by atoms with Crippen molar-refractivity contribution in [3.8, 4) is 11.8 Å². The summed E-state index contributed by atoms with van der Waals surface area (Å²) in [6.45, 7) is 3.98. The lowest BCUT2D eigenvalue weighted by molar-refractivity contribution is -0.116. The summed E-state index contributed by atoms with van der Waals surface area (Å²) in [7, 11) is 1.61. The Bertz CT molecular complexity index is 1390. The van der Waals surface area contributed by atoms with Gasteiger partial charge in [0.1, 0.15) is 22.4 Å². The highest BCUT2D eigenvalue weighted by atomic mass is 32.2. The number of hydrogen-bond acceptors (Lipinski definition) is 7. The van der Waals surface area contributed by atoms with Crippen molar-refractivity contribution in [2.45, 2.75) is 19.9 Å². The zero-order valence-electron chi connectivity index (χ0n) is 20.3. The van der Waals surface area contributed by atoms with Crippen LogP contribution in [0.4, 0.5) is 11.4 Å². The molecule has 4 rings (SSSR count). The molecule has 0 bridgehead atoms. The second-order valence-electron chi connectivity index (χ2n) is 8.14. The van der Waals surface area contributed by atoms with Crippen LogP contribution in [-0.4, -0.2) is 29.8 Å². The lowest BCUT2D eigenvalue weighted by atomic mass is 10.2. The highest BCUT2D eigenvalue weighted by Crippen LogP contribution is 2.34. The van der Waals surface area contributed by atoms with E-state index in [9.17, 15) is 10.1 Å². The van der Waals surface area contributed by atoms with E-state index < -0.39 is 0 Å². The van der Waals surface area contributed by atoms with Crippen LogP contribution in [-0.2, 0) is 4.79 Å². The molecule has 1 aromatic heterocycles. The van der Waals surface area contributed by atoms with Gasteiger partial charge in [-0.15, -0.1) is 11.3 Å². The number of anilines is 2. The van der Waals surface area contributed by atoms with E-state index in [1.165, 1.54) is 23.1 Å². The largest absolute Gasteiger partial charge is 0.497 e. The van der Waals surface area contributed by atoms with Gasteiger partial charge in [0.15, 0.2) is 0 Å². The number of nitrogens with zero attached hydrogens (tertiary/aromatic N) is 3. The highest BCUT2D eigenvalue weighted by Gasteiger charge is 2.22. The molecule has 1 N–H and O–H groups in total. The molecule has 3 aromatic carbocycles. The van der Waals surface area contributed by atoms with Crippen molar-refractivity contribution in [2.24, 2.45) is 0 Å². The molecule has 0 atom stereocenters. The summed E-state index contributed by atoms with van der Waals surface area (Å²) in [5.74, 6) is 0.789. The van der Waals surface area contributed by atoms with E-state index in [-0.39, 0.29) is 17.7 Å². The van der Waals surface area contributed by atoms with E-state index in [1.807, 2.05) is 92.7 Å². The highest BCUT2D eigenvalue weighted by molar-refractivity contribution is 8.04. The fourth-order valence-corrected chi connectivity index (χ4v) is 5.61. The molecular weight excluding hydrogens is 488 g/mol. The van der Waals surface area contributed by atoms with Crippen molar-refractivity contribution < 1.29 is 9.53 Å². The van der Waals surface area contributed by atoms with Crippen LogP contribution >= 0.6 is 23.1 Å². The van der Waals surface area contributed by atoms with Gasteiger partial charge in [-0.1, -0.05) is 48.2 Å². The number of thioether (sulfide) groups is 1. The van der Waals surface area contributed by atoms with E-state index in [0.29, 0.717) is 21.4 Å². The van der Waals surface area contributed by atoms with Gasteiger partial charge in [0.25, 0.3) is 0 Å². The smallest absolute Gasteiger partial charge is 0.237 e. The number of rotatable bonds is 9. The van der Waals surface area contributed by atoms with E-state index >= 15 is 0 Å². The molecule has 1 amide bonds. The van der Waals surface area contributed by atoms with Crippen LogP contribution in [0.15, 0.2) is 83.9 Å². The molecule has 0 saturated heterocycles. The minimum atomic E-state index is -0.0484. The Morgan fingerprint density at radius 2 is 1.86 bits per heavy atom. The lowest BCUT2D eigenvalue weighted by Gasteiger charge is -2.27. The molecule has 0 unspecified atom stereocenters. The maximum absolute atomic E-state index is 13.4. The van der Waals surface area contributed by atoms with Gasteiger partial charge < -0.3 is 15.0 Å². The number of carbonyl (C=O) groups is 1. The molecule has 0 spiro atoms. The number of methoxy groups -OCH3 is 1. The summed E-state index contributed by atoms with van der Waals surface area (Å²) in [6.07, 6.45) is 0. The third-order valence-corrected chi connectivity index (χ3v) is 7.37. The third-order valence-electron chi connectivity index (χ3n) is 5.33. The fraction of sp³-hybridized carbons (Fsp3) is 0.179. The number of aromatic nitrogens is 1. The number of fused-ring (bicyclic) bond motifs is 1. The van der Waals surface area contributed by atoms with Gasteiger partial charge in [-0.05, 0) is 50.2 Å². The van der Waals surface area contributed by atoms with Gasteiger partial charge in [-0.2, -0.15) is 5.26 Å². The Balaban J connectivity index is 1.69. The average Bonchev–Trinajstić information content (AvgIpc) is 3.32. The van der Waals surface area contributed by atoms with Crippen molar-refractivity contribution in [1.82, 2.24) is 4.98 Å². The third kappa shape index (κ3) is 5.88. The molecule has 6 nitrogen and oxygen atoms in total. The summed E-state index contributed by atoms with van der Waals surface area (Å²) in [5.41, 5.74) is 2.83.